The number of aromatic amines is 1. The molecule has 0 saturated carbocycles. The van der Waals surface area contributed by atoms with Gasteiger partial charge in [-0.1, -0.05) is 17.7 Å². The maximum atomic E-state index is 12.6. The number of carboxylic acid groups (broad SMARTS) is 1. The van der Waals surface area contributed by atoms with Gasteiger partial charge in [-0.2, -0.15) is 0 Å². The van der Waals surface area contributed by atoms with E-state index in [2.05, 4.69) is 20.9 Å². The second-order valence-corrected chi connectivity index (χ2v) is 8.09. The molecule has 0 aliphatic carbocycles. The van der Waals surface area contributed by atoms with Gasteiger partial charge in [0, 0.05) is 33.2 Å². The standard InChI is InChI=1S/C24H19ClN4O5/c1-11-18(26-12(2)20(11)23(32)33)10-17-16-8-7-15(9-19(16)28-22(17)31)27-24(34)29-21(30)13-3-5-14(25)6-4-13/h3-10,26H,1-2H3,(H,28,31)(H,32,33)(H2,27,29,30,34)/b17-10-. The van der Waals surface area contributed by atoms with Crippen LogP contribution in [0.15, 0.2) is 42.5 Å². The Balaban J connectivity index is 1.52. The molecule has 172 valence electrons. The first-order valence-corrected chi connectivity index (χ1v) is 10.5. The summed E-state index contributed by atoms with van der Waals surface area (Å²) in [5.74, 6) is -2.00. The van der Waals surface area contributed by atoms with E-state index in [0.717, 1.165) is 0 Å². The van der Waals surface area contributed by atoms with Crippen molar-refractivity contribution >= 4 is 58.4 Å². The molecule has 0 fully saturated rings. The minimum atomic E-state index is -1.05. The number of hydrogen-bond donors (Lipinski definition) is 5. The van der Waals surface area contributed by atoms with Crippen LogP contribution >= 0.6 is 11.6 Å². The fourth-order valence-electron chi connectivity index (χ4n) is 3.74. The molecule has 0 radical (unpaired) electrons. The number of fused-ring (bicyclic) bond motifs is 1. The Kier molecular flexibility index (Phi) is 5.95. The third kappa shape index (κ3) is 4.41. The lowest BCUT2D eigenvalue weighted by Crippen LogP contribution is -2.34. The largest absolute Gasteiger partial charge is 0.478 e. The van der Waals surface area contributed by atoms with Gasteiger partial charge in [0.05, 0.1) is 16.8 Å². The number of hydrogen-bond acceptors (Lipinski definition) is 4. The zero-order chi connectivity index (χ0) is 24.6. The van der Waals surface area contributed by atoms with Gasteiger partial charge in [0.15, 0.2) is 0 Å². The fraction of sp³-hybridized carbons (Fsp3) is 0.0833. The zero-order valence-electron chi connectivity index (χ0n) is 18.1. The van der Waals surface area contributed by atoms with E-state index in [0.29, 0.717) is 44.5 Å². The van der Waals surface area contributed by atoms with E-state index in [1.54, 1.807) is 50.3 Å². The molecule has 1 aliphatic heterocycles. The molecule has 0 bridgehead atoms. The second kappa shape index (κ2) is 8.87. The van der Waals surface area contributed by atoms with Crippen LogP contribution in [-0.4, -0.2) is 33.9 Å². The van der Waals surface area contributed by atoms with E-state index in [9.17, 15) is 24.3 Å². The Hall–Kier alpha value is -4.37. The lowest BCUT2D eigenvalue weighted by atomic mass is 10.0. The van der Waals surface area contributed by atoms with Crippen molar-refractivity contribution in [3.63, 3.8) is 0 Å². The molecule has 10 heteroatoms. The topological polar surface area (TPSA) is 140 Å². The summed E-state index contributed by atoms with van der Waals surface area (Å²) >= 11 is 5.80. The Morgan fingerprint density at radius 2 is 1.76 bits per heavy atom. The van der Waals surface area contributed by atoms with Gasteiger partial charge in [-0.05, 0) is 61.9 Å². The summed E-state index contributed by atoms with van der Waals surface area (Å²) in [6, 6.07) is 10.2. The second-order valence-electron chi connectivity index (χ2n) is 7.66. The molecule has 1 aliphatic rings. The van der Waals surface area contributed by atoms with Crippen LogP contribution in [0.4, 0.5) is 16.2 Å². The number of imide groups is 1. The minimum Gasteiger partial charge on any atom is -0.478 e. The normalized spacial score (nSPS) is 13.4. The van der Waals surface area contributed by atoms with Crippen molar-refractivity contribution in [2.45, 2.75) is 13.8 Å². The highest BCUT2D eigenvalue weighted by Crippen LogP contribution is 2.35. The molecule has 2 aromatic carbocycles. The first-order chi connectivity index (χ1) is 16.1. The average Bonchev–Trinajstić information content (AvgIpc) is 3.23. The molecule has 0 saturated heterocycles. The average molecular weight is 479 g/mol. The van der Waals surface area contributed by atoms with Crippen LogP contribution < -0.4 is 16.0 Å². The quantitative estimate of drug-likeness (QED) is 0.353. The highest BCUT2D eigenvalue weighted by atomic mass is 35.5. The van der Waals surface area contributed by atoms with Crippen LogP contribution in [0.5, 0.6) is 0 Å². The van der Waals surface area contributed by atoms with Crippen LogP contribution in [-0.2, 0) is 4.79 Å². The molecule has 3 aromatic rings. The van der Waals surface area contributed by atoms with Gasteiger partial charge in [-0.15, -0.1) is 0 Å². The van der Waals surface area contributed by atoms with Crippen molar-refractivity contribution in [1.29, 1.82) is 0 Å². The number of benzene rings is 2. The third-order valence-corrected chi connectivity index (χ3v) is 5.62. The molecule has 0 atom stereocenters. The van der Waals surface area contributed by atoms with E-state index >= 15 is 0 Å². The van der Waals surface area contributed by atoms with E-state index < -0.39 is 17.9 Å². The number of anilines is 2. The van der Waals surface area contributed by atoms with Crippen LogP contribution in [0, 0.1) is 13.8 Å². The number of H-pyrrole nitrogens is 1. The molecule has 1 aromatic heterocycles. The number of aromatic nitrogens is 1. The van der Waals surface area contributed by atoms with Crippen LogP contribution in [0.2, 0.25) is 5.02 Å². The van der Waals surface area contributed by atoms with Crippen LogP contribution in [0.3, 0.4) is 0 Å². The summed E-state index contributed by atoms with van der Waals surface area (Å²) in [7, 11) is 0. The summed E-state index contributed by atoms with van der Waals surface area (Å²) < 4.78 is 0. The number of urea groups is 1. The van der Waals surface area contributed by atoms with Crippen molar-refractivity contribution in [3.8, 4) is 0 Å². The van der Waals surface area contributed by atoms with Crippen LogP contribution in [0.25, 0.3) is 11.6 Å². The van der Waals surface area contributed by atoms with Crippen molar-refractivity contribution < 1.29 is 24.3 Å². The zero-order valence-corrected chi connectivity index (χ0v) is 18.8. The summed E-state index contributed by atoms with van der Waals surface area (Å²) in [5, 5.41) is 17.4. The lowest BCUT2D eigenvalue weighted by Gasteiger charge is -2.08. The SMILES string of the molecule is Cc1[nH]c(/C=C2\C(=O)Nc3cc(NC(=O)NC(=O)c4ccc(Cl)cc4)ccc32)c(C)c1C(=O)O. The van der Waals surface area contributed by atoms with E-state index in [-0.39, 0.29) is 17.0 Å². The summed E-state index contributed by atoms with van der Waals surface area (Å²) in [6.07, 6.45) is 1.60. The maximum Gasteiger partial charge on any atom is 0.337 e. The number of carbonyl (C=O) groups is 4. The molecule has 2 heterocycles. The van der Waals surface area contributed by atoms with Gasteiger partial charge in [-0.25, -0.2) is 9.59 Å². The number of carbonyl (C=O) groups excluding carboxylic acids is 3. The summed E-state index contributed by atoms with van der Waals surface area (Å²) in [4.78, 5) is 51.4. The molecule has 4 rings (SSSR count). The van der Waals surface area contributed by atoms with Crippen molar-refractivity contribution in [2.24, 2.45) is 0 Å². The molecule has 5 N–H and O–H groups in total. The Bertz CT molecular complexity index is 1390. The number of amides is 4. The summed E-state index contributed by atoms with van der Waals surface area (Å²) in [6.45, 7) is 3.33. The number of aromatic carboxylic acids is 1. The van der Waals surface area contributed by atoms with E-state index in [1.165, 1.54) is 12.1 Å². The number of rotatable bonds is 4. The van der Waals surface area contributed by atoms with E-state index in [1.807, 2.05) is 0 Å². The molecule has 0 unspecified atom stereocenters. The highest BCUT2D eigenvalue weighted by Gasteiger charge is 2.26. The predicted octanol–water partition coefficient (Wildman–Crippen LogP) is 4.44. The van der Waals surface area contributed by atoms with Gasteiger partial charge < -0.3 is 20.7 Å². The predicted molar refractivity (Wildman–Crippen MR) is 128 cm³/mol. The van der Waals surface area contributed by atoms with Crippen LogP contribution in [0.1, 0.15) is 43.2 Å². The lowest BCUT2D eigenvalue weighted by molar-refractivity contribution is -0.110. The Morgan fingerprint density at radius 1 is 1.06 bits per heavy atom. The number of carboxylic acids is 1. The molecule has 0 spiro atoms. The fourth-order valence-corrected chi connectivity index (χ4v) is 3.86. The Morgan fingerprint density at radius 3 is 2.41 bits per heavy atom. The highest BCUT2D eigenvalue weighted by molar-refractivity contribution is 6.35. The molecular formula is C24H19ClN4O5. The number of aryl methyl sites for hydroxylation is 1. The number of nitrogens with one attached hydrogen (secondary N) is 4. The summed E-state index contributed by atoms with van der Waals surface area (Å²) in [5.41, 5.74) is 3.77. The first kappa shape index (κ1) is 22.8. The van der Waals surface area contributed by atoms with Gasteiger partial charge in [-0.3, -0.25) is 14.9 Å². The van der Waals surface area contributed by atoms with Crippen molar-refractivity contribution in [1.82, 2.24) is 10.3 Å². The monoisotopic (exact) mass is 478 g/mol. The van der Waals surface area contributed by atoms with Crippen molar-refractivity contribution in [3.05, 3.63) is 81.1 Å². The first-order valence-electron chi connectivity index (χ1n) is 10.1. The van der Waals surface area contributed by atoms with Gasteiger partial charge >= 0.3 is 12.0 Å². The molecular weight excluding hydrogens is 460 g/mol. The smallest absolute Gasteiger partial charge is 0.337 e. The Labute approximate surface area is 198 Å². The maximum absolute atomic E-state index is 12.6. The molecule has 9 nitrogen and oxygen atoms in total. The van der Waals surface area contributed by atoms with Crippen molar-refractivity contribution in [2.75, 3.05) is 10.6 Å². The van der Waals surface area contributed by atoms with Gasteiger partial charge in [0.25, 0.3) is 11.8 Å². The third-order valence-electron chi connectivity index (χ3n) is 5.37. The minimum absolute atomic E-state index is 0.171. The molecule has 34 heavy (non-hydrogen) atoms. The molecule has 4 amide bonds. The van der Waals surface area contributed by atoms with Gasteiger partial charge in [0.1, 0.15) is 0 Å². The van der Waals surface area contributed by atoms with E-state index in [4.69, 9.17) is 11.6 Å². The van der Waals surface area contributed by atoms with Gasteiger partial charge in [0.2, 0.25) is 0 Å². The number of halogens is 1.